The van der Waals surface area contributed by atoms with E-state index in [1.807, 2.05) is 0 Å². The second kappa shape index (κ2) is 15.6. The molecular formula is C61H55BN3O. The lowest BCUT2D eigenvalue weighted by atomic mass is 9.61. The molecule has 0 bridgehead atoms. The molecule has 1 N–H and O–H groups in total. The van der Waals surface area contributed by atoms with E-state index in [4.69, 9.17) is 4.42 Å². The maximum absolute atomic E-state index is 7.19. The van der Waals surface area contributed by atoms with Crippen molar-refractivity contribution in [1.29, 1.82) is 0 Å². The van der Waals surface area contributed by atoms with Crippen molar-refractivity contribution in [3.05, 3.63) is 180 Å². The zero-order valence-electron chi connectivity index (χ0n) is 38.7. The summed E-state index contributed by atoms with van der Waals surface area (Å²) in [4.78, 5) is 2.46. The van der Waals surface area contributed by atoms with Crippen LogP contribution in [-0.4, -0.2) is 11.8 Å². The van der Waals surface area contributed by atoms with E-state index in [9.17, 15) is 0 Å². The third-order valence-corrected chi connectivity index (χ3v) is 14.9. The smallest absolute Gasteiger partial charge is 0.247 e. The third-order valence-electron chi connectivity index (χ3n) is 14.9. The van der Waals surface area contributed by atoms with E-state index in [0.29, 0.717) is 0 Å². The molecule has 0 atom stereocenters. The molecule has 2 aliphatic rings. The van der Waals surface area contributed by atoms with Gasteiger partial charge in [-0.25, -0.2) is 0 Å². The lowest BCUT2D eigenvalue weighted by molar-refractivity contribution is 0.332. The van der Waals surface area contributed by atoms with Crippen LogP contribution in [0.2, 0.25) is 0 Å². The van der Waals surface area contributed by atoms with Crippen molar-refractivity contribution in [2.24, 2.45) is 0 Å². The second-order valence-corrected chi connectivity index (χ2v) is 20.1. The van der Waals surface area contributed by atoms with Crippen LogP contribution in [0.25, 0.3) is 60.4 Å². The molecule has 0 unspecified atom stereocenters. The number of aryl methyl sites for hydroxylation is 1. The van der Waals surface area contributed by atoms with Gasteiger partial charge in [-0.3, -0.25) is 0 Å². The second-order valence-electron chi connectivity index (χ2n) is 20.1. The Kier molecular flexibility index (Phi) is 9.57. The Morgan fingerprint density at radius 2 is 1.27 bits per heavy atom. The summed E-state index contributed by atoms with van der Waals surface area (Å²) < 4.78 is 9.75. The van der Waals surface area contributed by atoms with Crippen LogP contribution in [-0.2, 0) is 17.3 Å². The summed E-state index contributed by atoms with van der Waals surface area (Å²) in [6.45, 7) is 11.9. The van der Waals surface area contributed by atoms with Crippen molar-refractivity contribution in [1.82, 2.24) is 4.57 Å². The van der Waals surface area contributed by atoms with Crippen LogP contribution in [0, 0.1) is 0 Å². The molecule has 0 saturated carbocycles. The largest absolute Gasteiger partial charge is 0.469 e. The minimum Gasteiger partial charge on any atom is -0.469 e. The summed E-state index contributed by atoms with van der Waals surface area (Å²) in [6.07, 6.45) is 7.11. The van der Waals surface area contributed by atoms with Crippen molar-refractivity contribution in [2.45, 2.75) is 84.0 Å². The highest BCUT2D eigenvalue weighted by Crippen LogP contribution is 2.51. The number of benzene rings is 8. The van der Waals surface area contributed by atoms with E-state index in [1.54, 1.807) is 0 Å². The first-order chi connectivity index (χ1) is 32.2. The molecule has 4 nitrogen and oxygen atoms in total. The fraction of sp³-hybridized carbons (Fsp3) is 0.213. The molecule has 1 aliphatic heterocycles. The summed E-state index contributed by atoms with van der Waals surface area (Å²) in [5, 5.41) is 9.91. The fourth-order valence-electron chi connectivity index (χ4n) is 11.2. The predicted octanol–water partition coefficient (Wildman–Crippen LogP) is 15.6. The number of hydrogen-bond acceptors (Lipinski definition) is 3. The van der Waals surface area contributed by atoms with E-state index in [1.165, 1.54) is 73.9 Å². The van der Waals surface area contributed by atoms with Crippen molar-refractivity contribution in [3.63, 3.8) is 0 Å². The topological polar surface area (TPSA) is 33.3 Å². The van der Waals surface area contributed by atoms with E-state index < -0.39 is 0 Å². The highest BCUT2D eigenvalue weighted by molar-refractivity contribution is 6.73. The quantitative estimate of drug-likeness (QED) is 0.110. The summed E-state index contributed by atoms with van der Waals surface area (Å²) >= 11 is 0. The van der Waals surface area contributed by atoms with Crippen LogP contribution in [0.4, 0.5) is 28.4 Å². The molecule has 10 aromatic rings. The third kappa shape index (κ3) is 6.57. The van der Waals surface area contributed by atoms with Gasteiger partial charge >= 0.3 is 0 Å². The zero-order valence-corrected chi connectivity index (χ0v) is 38.7. The molecule has 1 aliphatic carbocycles. The molecule has 8 aromatic carbocycles. The van der Waals surface area contributed by atoms with Crippen molar-refractivity contribution in [3.8, 4) is 16.8 Å². The minimum atomic E-state index is 0.0437. The Morgan fingerprint density at radius 3 is 1.97 bits per heavy atom. The van der Waals surface area contributed by atoms with Gasteiger partial charge in [-0.1, -0.05) is 138 Å². The molecule has 5 heteroatoms. The van der Waals surface area contributed by atoms with E-state index in [0.717, 1.165) is 81.2 Å². The summed E-state index contributed by atoms with van der Waals surface area (Å²) in [7, 11) is 2.35. The van der Waals surface area contributed by atoms with Gasteiger partial charge < -0.3 is 19.2 Å². The van der Waals surface area contributed by atoms with Gasteiger partial charge in [0.2, 0.25) is 7.28 Å². The minimum absolute atomic E-state index is 0.0437. The van der Waals surface area contributed by atoms with E-state index in [-0.39, 0.29) is 10.8 Å². The summed E-state index contributed by atoms with van der Waals surface area (Å²) in [6, 6.07) is 60.5. The van der Waals surface area contributed by atoms with Crippen LogP contribution in [0.3, 0.4) is 0 Å². The van der Waals surface area contributed by atoms with Gasteiger partial charge in [0.15, 0.2) is 0 Å². The first kappa shape index (κ1) is 40.5. The Bertz CT molecular complexity index is 3450. The Hall–Kier alpha value is -6.98. The number of fused-ring (bicyclic) bond motifs is 9. The summed E-state index contributed by atoms with van der Waals surface area (Å²) in [5.74, 6) is 0. The first-order valence-corrected chi connectivity index (χ1v) is 24.0. The van der Waals surface area contributed by atoms with Gasteiger partial charge in [0.25, 0.3) is 0 Å². The average Bonchev–Trinajstić information content (AvgIpc) is 3.87. The molecule has 1 radical (unpaired) electrons. The van der Waals surface area contributed by atoms with Gasteiger partial charge in [0.1, 0.15) is 5.58 Å². The average molecular weight is 857 g/mol. The molecule has 12 rings (SSSR count). The lowest BCUT2D eigenvalue weighted by Gasteiger charge is -2.41. The first-order valence-electron chi connectivity index (χ1n) is 24.0. The number of rotatable bonds is 10. The molecule has 0 fully saturated rings. The molecule has 0 saturated heterocycles. The fourth-order valence-corrected chi connectivity index (χ4v) is 11.2. The highest BCUT2D eigenvalue weighted by atomic mass is 16.3. The van der Waals surface area contributed by atoms with Crippen molar-refractivity contribution < 1.29 is 4.42 Å². The number of para-hydroxylation sites is 3. The Balaban J connectivity index is 1.19. The Labute approximate surface area is 389 Å². The van der Waals surface area contributed by atoms with Gasteiger partial charge in [0.05, 0.1) is 28.1 Å². The normalized spacial score (nSPS) is 14.6. The zero-order chi connectivity index (χ0) is 44.7. The van der Waals surface area contributed by atoms with E-state index >= 15 is 0 Å². The number of anilines is 5. The summed E-state index contributed by atoms with van der Waals surface area (Å²) in [5.41, 5.74) is 18.5. The van der Waals surface area contributed by atoms with Crippen molar-refractivity contribution >= 4 is 90.4 Å². The predicted molar refractivity (Wildman–Crippen MR) is 281 cm³/mol. The molecule has 323 valence electrons. The van der Waals surface area contributed by atoms with Gasteiger partial charge in [-0.2, -0.15) is 0 Å². The van der Waals surface area contributed by atoms with Gasteiger partial charge in [0, 0.05) is 44.5 Å². The van der Waals surface area contributed by atoms with Crippen LogP contribution in [0.5, 0.6) is 0 Å². The highest BCUT2D eigenvalue weighted by Gasteiger charge is 2.40. The SMILES string of the molecule is CCCCCc1ccc(Nc2ccccc2-c2cc(N(c3ccccc3)c3ccccc3)c3c4cc5ccccc5cc4n4c3c2[B]c2oc3cc5c(cc3c2-4)C(C)(C)CCC5(C)C)cc1. The molecule has 0 spiro atoms. The van der Waals surface area contributed by atoms with Crippen LogP contribution < -0.4 is 21.3 Å². The van der Waals surface area contributed by atoms with Gasteiger partial charge in [-0.15, -0.1) is 0 Å². The van der Waals surface area contributed by atoms with E-state index in [2.05, 4.69) is 220 Å². The molecule has 0 amide bonds. The van der Waals surface area contributed by atoms with Crippen LogP contribution >= 0.6 is 0 Å². The maximum atomic E-state index is 7.19. The lowest BCUT2D eigenvalue weighted by Crippen LogP contribution is -2.36. The van der Waals surface area contributed by atoms with Crippen LogP contribution in [0.1, 0.15) is 83.4 Å². The Morgan fingerprint density at radius 1 is 0.636 bits per heavy atom. The number of nitrogens with one attached hydrogen (secondary N) is 1. The standard InChI is InChI=1S/C61H55BN3O/c1-6-7-10-19-39-28-30-42(31-29-39)63-51-27-18-17-26-45(51)46-37-53(64(43-22-11-8-12-23-43)44-24-13-9-14-25-44)55-47-34-40-20-15-16-21-41(40)35-52(47)65-57-48-36-49-50(61(4,5)33-32-60(49,2)3)38-54(48)66-59(57)62-56(46)58(55)65/h8-9,11-18,20-31,34-38,63H,6-7,10,19,32-33H2,1-5H3. The molecule has 66 heavy (non-hydrogen) atoms. The monoisotopic (exact) mass is 856 g/mol. The molecular weight excluding hydrogens is 802 g/mol. The number of unbranched alkanes of at least 4 members (excludes halogenated alkanes) is 2. The van der Waals surface area contributed by atoms with Crippen LogP contribution in [0.15, 0.2) is 168 Å². The number of aromatic nitrogens is 1. The number of nitrogens with zero attached hydrogens (tertiary/aromatic N) is 2. The number of hydrogen-bond donors (Lipinski definition) is 1. The molecule has 3 heterocycles. The molecule has 2 aromatic heterocycles. The van der Waals surface area contributed by atoms with Gasteiger partial charge in [-0.05, 0) is 148 Å². The maximum Gasteiger partial charge on any atom is 0.247 e. The van der Waals surface area contributed by atoms with Crippen molar-refractivity contribution in [2.75, 3.05) is 10.2 Å². The number of furan rings is 1.